The number of hydrogen-bond donors (Lipinski definition) is 4. The van der Waals surface area contributed by atoms with Gasteiger partial charge in [-0.05, 0) is 43.2 Å². The zero-order chi connectivity index (χ0) is 33.6. The van der Waals surface area contributed by atoms with Crippen molar-refractivity contribution >= 4 is 52.1 Å². The fourth-order valence-electron chi connectivity index (χ4n) is 5.37. The van der Waals surface area contributed by atoms with Crippen molar-refractivity contribution in [1.29, 1.82) is 5.26 Å². The Morgan fingerprint density at radius 2 is 1.63 bits per heavy atom. The molecule has 0 radical (unpaired) electrons. The van der Waals surface area contributed by atoms with Crippen molar-refractivity contribution in [3.8, 4) is 11.8 Å². The Morgan fingerprint density at radius 1 is 0.957 bits per heavy atom. The molecule has 1 aliphatic rings. The zero-order valence-electron chi connectivity index (χ0n) is 26.9. The summed E-state index contributed by atoms with van der Waals surface area (Å²) in [6, 6.07) is 19.3. The summed E-state index contributed by atoms with van der Waals surface area (Å²) in [6.45, 7) is 11.4. The Bertz CT molecular complexity index is 1680. The molecular weight excluding hydrogens is 621 g/mol. The van der Waals surface area contributed by atoms with Crippen LogP contribution >= 0.6 is 23.2 Å². The van der Waals surface area contributed by atoms with Gasteiger partial charge in [-0.2, -0.15) is 5.26 Å². The van der Waals surface area contributed by atoms with E-state index in [4.69, 9.17) is 23.2 Å². The van der Waals surface area contributed by atoms with Gasteiger partial charge in [-0.15, -0.1) is 0 Å². The molecule has 10 heteroatoms. The maximum Gasteiger partial charge on any atom is 0.268 e. The molecule has 0 aromatic heterocycles. The number of phenolic OH excluding ortho intramolecular Hbond substituents is 1. The molecule has 46 heavy (non-hydrogen) atoms. The van der Waals surface area contributed by atoms with E-state index in [0.29, 0.717) is 27.4 Å². The first-order chi connectivity index (χ1) is 21.9. The minimum atomic E-state index is -1.50. The molecule has 1 heterocycles. The smallest absolute Gasteiger partial charge is 0.268 e. The summed E-state index contributed by atoms with van der Waals surface area (Å²) in [6.07, 6.45) is 4.12. The number of phenols is 1. The monoisotopic (exact) mass is 661 g/mol. The second-order valence-electron chi connectivity index (χ2n) is 12.5. The average molecular weight is 663 g/mol. The number of nitrogens with zero attached hydrogens (tertiary/aromatic N) is 2. The highest BCUT2D eigenvalue weighted by Gasteiger charge is 2.48. The number of rotatable bonds is 11. The van der Waals surface area contributed by atoms with Crippen LogP contribution in [0, 0.1) is 16.7 Å². The molecule has 1 unspecified atom stereocenters. The summed E-state index contributed by atoms with van der Waals surface area (Å²) in [7, 11) is 0. The number of anilines is 2. The Labute approximate surface area is 281 Å². The lowest BCUT2D eigenvalue weighted by atomic mass is 9.87. The molecule has 1 aliphatic heterocycles. The van der Waals surface area contributed by atoms with Crippen LogP contribution in [0.1, 0.15) is 77.0 Å². The third kappa shape index (κ3) is 7.27. The summed E-state index contributed by atoms with van der Waals surface area (Å²) in [5.74, 6) is -1.02. The van der Waals surface area contributed by atoms with Crippen LogP contribution in [0.2, 0.25) is 10.0 Å². The molecule has 8 nitrogen and oxygen atoms in total. The molecule has 0 saturated heterocycles. The number of unbranched alkanes of at least 4 members (excludes halogenated alkanes) is 2. The highest BCUT2D eigenvalue weighted by molar-refractivity contribution is 6.42. The largest absolute Gasteiger partial charge is 0.507 e. The summed E-state index contributed by atoms with van der Waals surface area (Å²) < 4.78 is 0. The van der Waals surface area contributed by atoms with Crippen molar-refractivity contribution < 1.29 is 14.7 Å². The van der Waals surface area contributed by atoms with Crippen molar-refractivity contribution in [3.63, 3.8) is 0 Å². The fourth-order valence-corrected chi connectivity index (χ4v) is 5.67. The van der Waals surface area contributed by atoms with Crippen LogP contribution in [0.4, 0.5) is 11.4 Å². The molecule has 4 rings (SSSR count). The quantitative estimate of drug-likeness (QED) is 0.122. The first-order valence-electron chi connectivity index (χ1n) is 15.6. The number of hydrogen-bond acceptors (Lipinski definition) is 6. The molecule has 2 amide bonds. The normalized spacial score (nSPS) is 16.6. The van der Waals surface area contributed by atoms with Crippen LogP contribution in [-0.2, 0) is 15.3 Å². The standard InChI is InChI=1S/C36H41Cl2N5O3/c1-6-8-18-43(19-9-7-2)24-15-16-28(31(44)21-24)36(42-34(46)35(3,4)5)27-13-11-10-12-25(27)32(41-36)26(22-39)33(45)40-23-14-17-29(37)30(38)20-23/h10-17,20-21,41,44H,6-9,18-19H2,1-5H3,(H,40,45)(H,42,46)/b32-26-. The topological polar surface area (TPSA) is 117 Å². The fraction of sp³-hybridized carbons (Fsp3) is 0.361. The van der Waals surface area contributed by atoms with Gasteiger partial charge in [0, 0.05) is 52.6 Å². The van der Waals surface area contributed by atoms with Crippen molar-refractivity contribution in [3.05, 3.63) is 93.0 Å². The predicted molar refractivity (Wildman–Crippen MR) is 186 cm³/mol. The van der Waals surface area contributed by atoms with E-state index in [1.165, 1.54) is 6.07 Å². The summed E-state index contributed by atoms with van der Waals surface area (Å²) in [5, 5.41) is 31.8. The number of nitriles is 1. The highest BCUT2D eigenvalue weighted by Crippen LogP contribution is 2.45. The van der Waals surface area contributed by atoms with E-state index in [-0.39, 0.29) is 27.9 Å². The van der Waals surface area contributed by atoms with Crippen LogP contribution in [0.5, 0.6) is 5.75 Å². The molecule has 0 fully saturated rings. The summed E-state index contributed by atoms with van der Waals surface area (Å²) in [4.78, 5) is 29.5. The van der Waals surface area contributed by atoms with Crippen LogP contribution in [-0.4, -0.2) is 30.0 Å². The summed E-state index contributed by atoms with van der Waals surface area (Å²) >= 11 is 12.2. The Hall–Kier alpha value is -4.19. The molecule has 1 atom stereocenters. The second-order valence-corrected chi connectivity index (χ2v) is 13.3. The van der Waals surface area contributed by atoms with Gasteiger partial charge in [-0.25, -0.2) is 0 Å². The number of amides is 2. The van der Waals surface area contributed by atoms with E-state index in [1.54, 1.807) is 57.2 Å². The van der Waals surface area contributed by atoms with E-state index < -0.39 is 17.0 Å². The lowest BCUT2D eigenvalue weighted by molar-refractivity contribution is -0.130. The van der Waals surface area contributed by atoms with Gasteiger partial charge in [0.2, 0.25) is 5.91 Å². The molecule has 3 aromatic rings. The number of aromatic hydroxyl groups is 1. The second kappa shape index (κ2) is 14.5. The lowest BCUT2D eigenvalue weighted by Gasteiger charge is -2.36. The molecular formula is C36H41Cl2N5O3. The minimum Gasteiger partial charge on any atom is -0.507 e. The van der Waals surface area contributed by atoms with Gasteiger partial charge in [-0.1, -0.05) is 94.9 Å². The number of carbonyl (C=O) groups is 2. The third-order valence-corrected chi connectivity index (χ3v) is 8.71. The third-order valence-electron chi connectivity index (χ3n) is 7.98. The average Bonchev–Trinajstić information content (AvgIpc) is 3.33. The van der Waals surface area contributed by atoms with E-state index in [0.717, 1.165) is 44.5 Å². The first-order valence-corrected chi connectivity index (χ1v) is 16.3. The maximum atomic E-state index is 13.7. The summed E-state index contributed by atoms with van der Waals surface area (Å²) in [5.41, 5.74) is 0.422. The maximum absolute atomic E-state index is 13.7. The van der Waals surface area contributed by atoms with Crippen LogP contribution < -0.4 is 20.9 Å². The zero-order valence-corrected chi connectivity index (χ0v) is 28.4. The van der Waals surface area contributed by atoms with Gasteiger partial charge in [0.05, 0.1) is 15.7 Å². The van der Waals surface area contributed by atoms with Crippen LogP contribution in [0.15, 0.2) is 66.2 Å². The van der Waals surface area contributed by atoms with Gasteiger partial charge in [0.15, 0.2) is 5.66 Å². The van der Waals surface area contributed by atoms with Gasteiger partial charge in [0.1, 0.15) is 17.4 Å². The van der Waals surface area contributed by atoms with Gasteiger partial charge in [-0.3, -0.25) is 9.59 Å². The Balaban J connectivity index is 1.87. The van der Waals surface area contributed by atoms with Gasteiger partial charge < -0.3 is 26.0 Å². The Morgan fingerprint density at radius 3 is 2.22 bits per heavy atom. The van der Waals surface area contributed by atoms with Crippen molar-refractivity contribution in [2.75, 3.05) is 23.3 Å². The molecule has 0 bridgehead atoms. The number of benzene rings is 3. The highest BCUT2D eigenvalue weighted by atomic mass is 35.5. The predicted octanol–water partition coefficient (Wildman–Crippen LogP) is 7.95. The molecule has 4 N–H and O–H groups in total. The van der Waals surface area contributed by atoms with Crippen molar-refractivity contribution in [2.45, 2.75) is 66.0 Å². The first kappa shape index (κ1) is 34.7. The molecule has 0 saturated carbocycles. The van der Waals surface area contributed by atoms with E-state index in [1.807, 2.05) is 24.3 Å². The molecule has 0 spiro atoms. The van der Waals surface area contributed by atoms with Gasteiger partial charge in [0.25, 0.3) is 5.91 Å². The van der Waals surface area contributed by atoms with E-state index in [9.17, 15) is 20.0 Å². The van der Waals surface area contributed by atoms with Gasteiger partial charge >= 0.3 is 0 Å². The SMILES string of the molecule is CCCCN(CCCC)c1ccc(C2(NC(=O)C(C)(C)C)N/C(=C(/C#N)C(=O)Nc3ccc(Cl)c(Cl)c3)c3ccccc32)c(O)c1. The van der Waals surface area contributed by atoms with Crippen LogP contribution in [0.3, 0.4) is 0 Å². The number of halogens is 2. The van der Waals surface area contributed by atoms with Crippen molar-refractivity contribution in [1.82, 2.24) is 10.6 Å². The molecule has 3 aromatic carbocycles. The van der Waals surface area contributed by atoms with E-state index >= 15 is 0 Å². The number of fused-ring (bicyclic) bond motifs is 1. The molecule has 242 valence electrons. The lowest BCUT2D eigenvalue weighted by Crippen LogP contribution is -2.56. The van der Waals surface area contributed by atoms with Crippen LogP contribution in [0.25, 0.3) is 5.70 Å². The Kier molecular flexibility index (Phi) is 10.9. The minimum absolute atomic E-state index is 0.0352. The van der Waals surface area contributed by atoms with E-state index in [2.05, 4.69) is 34.7 Å². The van der Waals surface area contributed by atoms with Crippen molar-refractivity contribution in [2.24, 2.45) is 5.41 Å². The number of nitrogens with one attached hydrogen (secondary N) is 3. The number of carbonyl (C=O) groups excluding carboxylic acids is 2. The molecule has 0 aliphatic carbocycles.